The topological polar surface area (TPSA) is 26.3 Å². The van der Waals surface area contributed by atoms with Gasteiger partial charge in [0, 0.05) is 11.5 Å². The van der Waals surface area contributed by atoms with E-state index in [1.54, 1.807) is 0 Å². The van der Waals surface area contributed by atoms with E-state index in [1.807, 2.05) is 24.3 Å². The summed E-state index contributed by atoms with van der Waals surface area (Å²) in [5, 5.41) is 0. The molecule has 1 aliphatic carbocycles. The highest BCUT2D eigenvalue weighted by Gasteiger charge is 2.25. The average molecular weight is 260 g/mol. The largest absolute Gasteiger partial charge is 0.494 e. The van der Waals surface area contributed by atoms with Gasteiger partial charge >= 0.3 is 0 Å². The first-order valence-corrected chi connectivity index (χ1v) is 7.47. The number of carbonyl (C=O) groups is 1. The van der Waals surface area contributed by atoms with E-state index in [2.05, 4.69) is 13.8 Å². The predicted octanol–water partition coefficient (Wildman–Crippen LogP) is 4.48. The minimum absolute atomic E-state index is 0.235. The molecule has 0 spiro atoms. The van der Waals surface area contributed by atoms with Crippen LogP contribution in [0.3, 0.4) is 0 Å². The Bertz CT molecular complexity index is 400. The van der Waals surface area contributed by atoms with Crippen molar-refractivity contribution >= 4 is 5.78 Å². The summed E-state index contributed by atoms with van der Waals surface area (Å²) >= 11 is 0. The van der Waals surface area contributed by atoms with Crippen LogP contribution in [0.1, 0.15) is 56.3 Å². The van der Waals surface area contributed by atoms with Crippen LogP contribution < -0.4 is 4.74 Å². The minimum atomic E-state index is 0.235. The smallest absolute Gasteiger partial charge is 0.165 e. The Hall–Kier alpha value is -1.31. The predicted molar refractivity (Wildman–Crippen MR) is 77.7 cm³/mol. The van der Waals surface area contributed by atoms with Crippen LogP contribution >= 0.6 is 0 Å². The highest BCUT2D eigenvalue weighted by atomic mass is 16.5. The molecule has 1 saturated carbocycles. The fourth-order valence-electron chi connectivity index (χ4n) is 2.69. The van der Waals surface area contributed by atoms with Gasteiger partial charge in [-0.25, -0.2) is 0 Å². The number of rotatable bonds is 5. The number of ketones is 1. The lowest BCUT2D eigenvalue weighted by atomic mass is 9.79. The Balaban J connectivity index is 1.95. The summed E-state index contributed by atoms with van der Waals surface area (Å²) in [4.78, 5) is 12.4. The second-order valence-electron chi connectivity index (χ2n) is 5.69. The quantitative estimate of drug-likeness (QED) is 0.729. The van der Waals surface area contributed by atoms with Crippen molar-refractivity contribution in [3.8, 4) is 5.75 Å². The SMILES string of the molecule is CCCOc1ccc(C(=O)C2CCC(C)CC2)cc1. The average Bonchev–Trinajstić information content (AvgIpc) is 2.46. The molecule has 0 N–H and O–H groups in total. The summed E-state index contributed by atoms with van der Waals surface area (Å²) in [6.07, 6.45) is 5.48. The van der Waals surface area contributed by atoms with Gasteiger partial charge in [-0.1, -0.05) is 26.7 Å². The normalized spacial score (nSPS) is 23.1. The zero-order valence-electron chi connectivity index (χ0n) is 12.0. The Labute approximate surface area is 116 Å². The van der Waals surface area contributed by atoms with E-state index in [0.29, 0.717) is 5.78 Å². The third kappa shape index (κ3) is 3.82. The summed E-state index contributed by atoms with van der Waals surface area (Å²) in [6.45, 7) is 5.09. The van der Waals surface area contributed by atoms with Gasteiger partial charge in [-0.2, -0.15) is 0 Å². The van der Waals surface area contributed by atoms with Crippen LogP contribution in [0.4, 0.5) is 0 Å². The second kappa shape index (κ2) is 6.74. The Morgan fingerprint density at radius 3 is 2.37 bits per heavy atom. The van der Waals surface area contributed by atoms with Crippen LogP contribution in [-0.4, -0.2) is 12.4 Å². The van der Waals surface area contributed by atoms with Crippen molar-refractivity contribution in [2.24, 2.45) is 11.8 Å². The van der Waals surface area contributed by atoms with Gasteiger partial charge in [0.1, 0.15) is 5.75 Å². The van der Waals surface area contributed by atoms with Crippen molar-refractivity contribution < 1.29 is 9.53 Å². The molecule has 0 heterocycles. The molecule has 1 fully saturated rings. The van der Waals surface area contributed by atoms with E-state index in [1.165, 1.54) is 12.8 Å². The molecular weight excluding hydrogens is 236 g/mol. The molecule has 1 aliphatic rings. The third-order valence-corrected chi connectivity index (χ3v) is 4.00. The number of hydrogen-bond acceptors (Lipinski definition) is 2. The zero-order valence-corrected chi connectivity index (χ0v) is 12.0. The van der Waals surface area contributed by atoms with Crippen LogP contribution in [0.25, 0.3) is 0 Å². The Kier molecular flexibility index (Phi) is 5.00. The maximum absolute atomic E-state index is 12.4. The second-order valence-corrected chi connectivity index (χ2v) is 5.69. The fourth-order valence-corrected chi connectivity index (χ4v) is 2.69. The van der Waals surface area contributed by atoms with E-state index < -0.39 is 0 Å². The standard InChI is InChI=1S/C17H24O2/c1-3-12-19-16-10-8-15(9-11-16)17(18)14-6-4-13(2)5-7-14/h8-11,13-14H,3-7,12H2,1-2H3. The monoisotopic (exact) mass is 260 g/mol. The number of carbonyl (C=O) groups excluding carboxylic acids is 1. The van der Waals surface area contributed by atoms with Gasteiger partial charge in [0.15, 0.2) is 5.78 Å². The van der Waals surface area contributed by atoms with E-state index in [9.17, 15) is 4.79 Å². The molecule has 19 heavy (non-hydrogen) atoms. The molecule has 0 amide bonds. The number of benzene rings is 1. The first kappa shape index (κ1) is 14.1. The molecule has 0 radical (unpaired) electrons. The number of hydrogen-bond donors (Lipinski definition) is 0. The molecule has 2 rings (SSSR count). The molecule has 104 valence electrons. The van der Waals surface area contributed by atoms with Gasteiger partial charge < -0.3 is 4.74 Å². The molecule has 2 heteroatoms. The molecule has 0 aliphatic heterocycles. The number of Topliss-reactive ketones (excluding diaryl/α,β-unsaturated/α-hetero) is 1. The lowest BCUT2D eigenvalue weighted by molar-refractivity contribution is 0.0875. The molecule has 2 nitrogen and oxygen atoms in total. The fraction of sp³-hybridized carbons (Fsp3) is 0.588. The summed E-state index contributed by atoms with van der Waals surface area (Å²) < 4.78 is 5.54. The van der Waals surface area contributed by atoms with Crippen molar-refractivity contribution in [2.45, 2.75) is 46.0 Å². The van der Waals surface area contributed by atoms with Crippen LogP contribution in [0.5, 0.6) is 5.75 Å². The van der Waals surface area contributed by atoms with E-state index in [-0.39, 0.29) is 5.92 Å². The number of ether oxygens (including phenoxy) is 1. The van der Waals surface area contributed by atoms with Gasteiger partial charge in [0.25, 0.3) is 0 Å². The Morgan fingerprint density at radius 2 is 1.79 bits per heavy atom. The molecule has 1 aromatic carbocycles. The first-order valence-electron chi connectivity index (χ1n) is 7.47. The van der Waals surface area contributed by atoms with Gasteiger partial charge in [-0.15, -0.1) is 0 Å². The summed E-state index contributed by atoms with van der Waals surface area (Å²) in [6, 6.07) is 7.64. The molecule has 0 aromatic heterocycles. The molecule has 0 atom stereocenters. The molecule has 0 saturated heterocycles. The van der Waals surface area contributed by atoms with Crippen LogP contribution in [-0.2, 0) is 0 Å². The van der Waals surface area contributed by atoms with Gasteiger partial charge in [-0.05, 0) is 49.4 Å². The van der Waals surface area contributed by atoms with Crippen molar-refractivity contribution in [3.63, 3.8) is 0 Å². The van der Waals surface area contributed by atoms with Crippen molar-refractivity contribution in [1.29, 1.82) is 0 Å². The summed E-state index contributed by atoms with van der Waals surface area (Å²) in [7, 11) is 0. The van der Waals surface area contributed by atoms with Gasteiger partial charge in [0.05, 0.1) is 6.61 Å². The lowest BCUT2D eigenvalue weighted by Crippen LogP contribution is -2.20. The van der Waals surface area contributed by atoms with Gasteiger partial charge in [-0.3, -0.25) is 4.79 Å². The van der Waals surface area contributed by atoms with E-state index >= 15 is 0 Å². The first-order chi connectivity index (χ1) is 9.20. The molecule has 0 bridgehead atoms. The van der Waals surface area contributed by atoms with Crippen LogP contribution in [0.15, 0.2) is 24.3 Å². The van der Waals surface area contributed by atoms with Crippen molar-refractivity contribution in [1.82, 2.24) is 0 Å². The third-order valence-electron chi connectivity index (χ3n) is 4.00. The molecule has 1 aromatic rings. The van der Waals surface area contributed by atoms with Crippen molar-refractivity contribution in [3.05, 3.63) is 29.8 Å². The van der Waals surface area contributed by atoms with Crippen LogP contribution in [0.2, 0.25) is 0 Å². The van der Waals surface area contributed by atoms with Gasteiger partial charge in [0.2, 0.25) is 0 Å². The highest BCUT2D eigenvalue weighted by molar-refractivity contribution is 5.97. The zero-order chi connectivity index (χ0) is 13.7. The summed E-state index contributed by atoms with van der Waals surface area (Å²) in [5.74, 6) is 2.19. The van der Waals surface area contributed by atoms with E-state index in [0.717, 1.165) is 43.1 Å². The Morgan fingerprint density at radius 1 is 1.16 bits per heavy atom. The maximum atomic E-state index is 12.4. The van der Waals surface area contributed by atoms with Crippen LogP contribution in [0, 0.1) is 11.8 Å². The maximum Gasteiger partial charge on any atom is 0.165 e. The summed E-state index contributed by atoms with van der Waals surface area (Å²) in [5.41, 5.74) is 0.836. The molecule has 0 unspecified atom stereocenters. The lowest BCUT2D eigenvalue weighted by Gasteiger charge is -2.25. The van der Waals surface area contributed by atoms with Crippen molar-refractivity contribution in [2.75, 3.05) is 6.61 Å². The highest BCUT2D eigenvalue weighted by Crippen LogP contribution is 2.30. The van der Waals surface area contributed by atoms with E-state index in [4.69, 9.17) is 4.74 Å². The minimum Gasteiger partial charge on any atom is -0.494 e. The molecular formula is C17H24O2.